The van der Waals surface area contributed by atoms with Gasteiger partial charge in [-0.1, -0.05) is 28.1 Å². The number of amides is 1. The number of ether oxygens (including phenoxy) is 3. The molecule has 0 heterocycles. The highest BCUT2D eigenvalue weighted by molar-refractivity contribution is 9.10. The second-order valence-electron chi connectivity index (χ2n) is 6.56. The number of hydrogen-bond donors (Lipinski definition) is 0. The molecule has 2 rings (SSSR count). The predicted molar refractivity (Wildman–Crippen MR) is 113 cm³/mol. The number of nitriles is 1. The van der Waals surface area contributed by atoms with Crippen LogP contribution in [0.3, 0.4) is 0 Å². The number of carbonyl (C=O) groups is 1. The molecule has 28 heavy (non-hydrogen) atoms. The van der Waals surface area contributed by atoms with Gasteiger partial charge in [0, 0.05) is 12.6 Å². The Hall–Kier alpha value is -2.72. The topological polar surface area (TPSA) is 71.8 Å². The highest BCUT2D eigenvalue weighted by Gasteiger charge is 2.29. The number of methoxy groups -OCH3 is 3. The molecular formula is C21H23BrN2O4. The first-order chi connectivity index (χ1) is 13.2. The number of hydrogen-bond acceptors (Lipinski definition) is 5. The van der Waals surface area contributed by atoms with Crippen molar-refractivity contribution >= 4 is 27.5 Å². The molecule has 0 fully saturated rings. The standard InChI is InChI=1S/C21H23BrN2O4/c1-21(2,22)20(25)24(3)16-9-7-8-14(15(16)12-23)13-10-17(26-4)19(28-6)18(11-13)27-5/h7-11H,1-6H3. The maximum atomic E-state index is 12.7. The van der Waals surface area contributed by atoms with E-state index in [1.807, 2.05) is 6.07 Å². The molecule has 0 aliphatic heterocycles. The van der Waals surface area contributed by atoms with Gasteiger partial charge < -0.3 is 19.1 Å². The second kappa shape index (κ2) is 8.53. The Morgan fingerprint density at radius 2 is 1.68 bits per heavy atom. The molecule has 0 aliphatic rings. The van der Waals surface area contributed by atoms with E-state index < -0.39 is 4.32 Å². The third-order valence-electron chi connectivity index (χ3n) is 4.30. The van der Waals surface area contributed by atoms with Crippen molar-refractivity contribution in [1.29, 1.82) is 5.26 Å². The summed E-state index contributed by atoms with van der Waals surface area (Å²) < 4.78 is 15.4. The lowest BCUT2D eigenvalue weighted by Gasteiger charge is -2.26. The first-order valence-corrected chi connectivity index (χ1v) is 9.29. The van der Waals surface area contributed by atoms with Crippen LogP contribution in [0.2, 0.25) is 0 Å². The molecule has 2 aromatic rings. The lowest BCUT2D eigenvalue weighted by Crippen LogP contribution is -2.39. The summed E-state index contributed by atoms with van der Waals surface area (Å²) >= 11 is 3.38. The minimum absolute atomic E-state index is 0.161. The zero-order valence-electron chi connectivity index (χ0n) is 16.8. The first-order valence-electron chi connectivity index (χ1n) is 8.50. The second-order valence-corrected chi connectivity index (χ2v) is 8.54. The summed E-state index contributed by atoms with van der Waals surface area (Å²) in [5, 5.41) is 9.86. The summed E-state index contributed by atoms with van der Waals surface area (Å²) in [6.07, 6.45) is 0. The van der Waals surface area contributed by atoms with Crippen LogP contribution >= 0.6 is 15.9 Å². The van der Waals surface area contributed by atoms with Gasteiger partial charge in [0.15, 0.2) is 11.5 Å². The molecule has 0 aliphatic carbocycles. The van der Waals surface area contributed by atoms with Crippen molar-refractivity contribution in [2.45, 2.75) is 18.2 Å². The molecule has 0 spiro atoms. The van der Waals surface area contributed by atoms with Gasteiger partial charge >= 0.3 is 0 Å². The van der Waals surface area contributed by atoms with E-state index in [0.29, 0.717) is 39.6 Å². The van der Waals surface area contributed by atoms with E-state index in [0.717, 1.165) is 0 Å². The summed E-state index contributed by atoms with van der Waals surface area (Å²) in [5.41, 5.74) is 2.27. The lowest BCUT2D eigenvalue weighted by atomic mass is 9.97. The molecule has 7 heteroatoms. The third kappa shape index (κ3) is 4.07. The highest BCUT2D eigenvalue weighted by atomic mass is 79.9. The van der Waals surface area contributed by atoms with Gasteiger partial charge in [0.1, 0.15) is 6.07 Å². The number of rotatable bonds is 6. The fourth-order valence-corrected chi connectivity index (χ4v) is 3.19. The van der Waals surface area contributed by atoms with Crippen molar-refractivity contribution in [3.05, 3.63) is 35.9 Å². The molecule has 2 aromatic carbocycles. The Kier molecular flexibility index (Phi) is 6.57. The molecule has 0 radical (unpaired) electrons. The van der Waals surface area contributed by atoms with Crippen LogP contribution in [0.25, 0.3) is 11.1 Å². The van der Waals surface area contributed by atoms with Crippen molar-refractivity contribution in [2.24, 2.45) is 0 Å². The monoisotopic (exact) mass is 446 g/mol. The van der Waals surface area contributed by atoms with Crippen LogP contribution in [0.1, 0.15) is 19.4 Å². The minimum Gasteiger partial charge on any atom is -0.493 e. The van der Waals surface area contributed by atoms with Crippen molar-refractivity contribution in [3.63, 3.8) is 0 Å². The van der Waals surface area contributed by atoms with Gasteiger partial charge in [-0.3, -0.25) is 4.79 Å². The van der Waals surface area contributed by atoms with Crippen LogP contribution in [0.4, 0.5) is 5.69 Å². The third-order valence-corrected chi connectivity index (χ3v) is 4.64. The molecule has 0 aromatic heterocycles. The van der Waals surface area contributed by atoms with E-state index in [9.17, 15) is 10.1 Å². The van der Waals surface area contributed by atoms with Gasteiger partial charge in [-0.2, -0.15) is 5.26 Å². The fraction of sp³-hybridized carbons (Fsp3) is 0.333. The largest absolute Gasteiger partial charge is 0.493 e. The van der Waals surface area contributed by atoms with Crippen LogP contribution in [0.15, 0.2) is 30.3 Å². The maximum absolute atomic E-state index is 12.7. The Morgan fingerprint density at radius 3 is 2.11 bits per heavy atom. The van der Waals surface area contributed by atoms with E-state index in [1.54, 1.807) is 45.2 Å². The molecule has 0 saturated heterocycles. The Labute approximate surface area is 173 Å². The fourth-order valence-electron chi connectivity index (χ4n) is 2.92. The number of halogens is 1. The van der Waals surface area contributed by atoms with Crippen LogP contribution in [0.5, 0.6) is 17.2 Å². The number of anilines is 1. The predicted octanol–water partition coefficient (Wildman–Crippen LogP) is 4.39. The van der Waals surface area contributed by atoms with Gasteiger partial charge in [0.05, 0.1) is 36.9 Å². The molecule has 6 nitrogen and oxygen atoms in total. The summed E-state index contributed by atoms with van der Waals surface area (Å²) in [5.74, 6) is 1.28. The van der Waals surface area contributed by atoms with Gasteiger partial charge in [-0.25, -0.2) is 0 Å². The van der Waals surface area contributed by atoms with Crippen molar-refractivity contribution < 1.29 is 19.0 Å². The van der Waals surface area contributed by atoms with Crippen molar-refractivity contribution in [1.82, 2.24) is 0 Å². The number of carbonyl (C=O) groups excluding carboxylic acids is 1. The number of alkyl halides is 1. The number of benzene rings is 2. The zero-order chi connectivity index (χ0) is 21.1. The Morgan fingerprint density at radius 1 is 1.11 bits per heavy atom. The van der Waals surface area contributed by atoms with Crippen LogP contribution in [0, 0.1) is 11.3 Å². The molecular weight excluding hydrogens is 424 g/mol. The van der Waals surface area contributed by atoms with Crippen molar-refractivity contribution in [2.75, 3.05) is 33.3 Å². The van der Waals surface area contributed by atoms with Gasteiger partial charge in [0.25, 0.3) is 0 Å². The smallest absolute Gasteiger partial charge is 0.243 e. The quantitative estimate of drug-likeness (QED) is 0.615. The molecule has 0 atom stereocenters. The maximum Gasteiger partial charge on any atom is 0.243 e. The van der Waals surface area contributed by atoms with E-state index in [2.05, 4.69) is 22.0 Å². The van der Waals surface area contributed by atoms with Crippen LogP contribution in [-0.4, -0.2) is 38.6 Å². The van der Waals surface area contributed by atoms with Crippen LogP contribution < -0.4 is 19.1 Å². The molecule has 0 N–H and O–H groups in total. The van der Waals surface area contributed by atoms with E-state index >= 15 is 0 Å². The highest BCUT2D eigenvalue weighted by Crippen LogP contribution is 2.43. The number of nitrogens with zero attached hydrogens (tertiary/aromatic N) is 2. The summed E-state index contributed by atoms with van der Waals surface area (Å²) in [6.45, 7) is 3.53. The lowest BCUT2D eigenvalue weighted by molar-refractivity contribution is -0.119. The summed E-state index contributed by atoms with van der Waals surface area (Å²) in [7, 11) is 6.25. The Balaban J connectivity index is 2.69. The average molecular weight is 447 g/mol. The minimum atomic E-state index is -0.753. The normalized spacial score (nSPS) is 10.8. The molecule has 0 bridgehead atoms. The van der Waals surface area contributed by atoms with E-state index in [1.165, 1.54) is 26.2 Å². The van der Waals surface area contributed by atoms with Gasteiger partial charge in [0.2, 0.25) is 11.7 Å². The Bertz CT molecular complexity index is 904. The SMILES string of the molecule is COc1cc(-c2cccc(N(C)C(=O)C(C)(C)Br)c2C#N)cc(OC)c1OC. The molecule has 0 unspecified atom stereocenters. The van der Waals surface area contributed by atoms with Gasteiger partial charge in [-0.05, 0) is 37.6 Å². The van der Waals surface area contributed by atoms with E-state index in [-0.39, 0.29) is 5.91 Å². The molecule has 1 amide bonds. The van der Waals surface area contributed by atoms with Crippen molar-refractivity contribution in [3.8, 4) is 34.4 Å². The van der Waals surface area contributed by atoms with E-state index in [4.69, 9.17) is 14.2 Å². The first kappa shape index (κ1) is 21.6. The average Bonchev–Trinajstić information content (AvgIpc) is 2.69. The zero-order valence-corrected chi connectivity index (χ0v) is 18.4. The van der Waals surface area contributed by atoms with Crippen LogP contribution in [-0.2, 0) is 4.79 Å². The summed E-state index contributed by atoms with van der Waals surface area (Å²) in [4.78, 5) is 14.2. The molecule has 148 valence electrons. The summed E-state index contributed by atoms with van der Waals surface area (Å²) in [6, 6.07) is 11.2. The van der Waals surface area contributed by atoms with Gasteiger partial charge in [-0.15, -0.1) is 0 Å². The molecule has 0 saturated carbocycles.